The van der Waals surface area contributed by atoms with Crippen molar-refractivity contribution in [2.24, 2.45) is 11.3 Å². The lowest BCUT2D eigenvalue weighted by Gasteiger charge is -2.37. The van der Waals surface area contributed by atoms with Crippen molar-refractivity contribution in [3.63, 3.8) is 0 Å². The second-order valence-electron chi connectivity index (χ2n) is 7.53. The molecule has 0 aromatic carbocycles. The van der Waals surface area contributed by atoms with E-state index in [1.165, 1.54) is 12.8 Å². The molecule has 23 heavy (non-hydrogen) atoms. The van der Waals surface area contributed by atoms with Gasteiger partial charge in [0.2, 0.25) is 5.91 Å². The average Bonchev–Trinajstić information content (AvgIpc) is 2.99. The predicted octanol–water partition coefficient (Wildman–Crippen LogP) is 3.30. The number of nitrogens with zero attached hydrogens (tertiary/aromatic N) is 4. The van der Waals surface area contributed by atoms with E-state index in [0.717, 1.165) is 51.0 Å². The number of carbonyl (C=O) groups is 1. The first kappa shape index (κ1) is 18.0. The molecule has 0 saturated carbocycles. The Bertz CT molecular complexity index is 509. The monoisotopic (exact) mass is 320 g/mol. The molecule has 5 nitrogen and oxygen atoms in total. The standard InChI is InChI=1S/C18H32N4O/c1-5-7-10-16-14-22(20-19-16)13-15-9-8-11-21(12-15)17(23)18(3,4)6-2/h14-15H,5-13H2,1-4H3/t15-/m0/s1. The molecule has 1 saturated heterocycles. The molecule has 2 rings (SSSR count). The maximum absolute atomic E-state index is 12.7. The second kappa shape index (κ2) is 7.93. The van der Waals surface area contributed by atoms with Crippen LogP contribution in [0.2, 0.25) is 0 Å². The lowest BCUT2D eigenvalue weighted by Crippen LogP contribution is -2.46. The summed E-state index contributed by atoms with van der Waals surface area (Å²) >= 11 is 0. The van der Waals surface area contributed by atoms with Crippen molar-refractivity contribution >= 4 is 5.91 Å². The zero-order valence-corrected chi connectivity index (χ0v) is 15.2. The SMILES string of the molecule is CCCCc1cn(C[C@H]2CCCN(C(=O)C(C)(C)CC)C2)nn1. The maximum atomic E-state index is 12.7. The Kier molecular flexibility index (Phi) is 6.19. The number of likely N-dealkylation sites (tertiary alicyclic amines) is 1. The van der Waals surface area contributed by atoms with E-state index in [-0.39, 0.29) is 5.41 Å². The first-order chi connectivity index (χ1) is 11.0. The van der Waals surface area contributed by atoms with Crippen LogP contribution in [-0.4, -0.2) is 38.9 Å². The number of aryl methyl sites for hydroxylation is 1. The third kappa shape index (κ3) is 4.79. The molecule has 0 bridgehead atoms. The largest absolute Gasteiger partial charge is 0.342 e. The van der Waals surface area contributed by atoms with Gasteiger partial charge in [0.05, 0.1) is 5.69 Å². The Morgan fingerprint density at radius 2 is 2.17 bits per heavy atom. The Hall–Kier alpha value is -1.39. The Morgan fingerprint density at radius 3 is 2.87 bits per heavy atom. The van der Waals surface area contributed by atoms with Gasteiger partial charge in [0.15, 0.2) is 0 Å². The van der Waals surface area contributed by atoms with Gasteiger partial charge in [0.1, 0.15) is 0 Å². The van der Waals surface area contributed by atoms with Gasteiger partial charge >= 0.3 is 0 Å². The number of hydrogen-bond acceptors (Lipinski definition) is 3. The van der Waals surface area contributed by atoms with E-state index >= 15 is 0 Å². The van der Waals surface area contributed by atoms with Crippen molar-refractivity contribution in [1.82, 2.24) is 19.9 Å². The van der Waals surface area contributed by atoms with E-state index in [4.69, 9.17) is 0 Å². The lowest BCUT2D eigenvalue weighted by atomic mass is 9.87. The highest BCUT2D eigenvalue weighted by molar-refractivity contribution is 5.82. The molecule has 1 amide bonds. The number of piperidine rings is 1. The molecule has 0 N–H and O–H groups in total. The van der Waals surface area contributed by atoms with Crippen LogP contribution in [0.1, 0.15) is 65.5 Å². The van der Waals surface area contributed by atoms with Crippen molar-refractivity contribution < 1.29 is 4.79 Å². The molecule has 5 heteroatoms. The molecule has 130 valence electrons. The summed E-state index contributed by atoms with van der Waals surface area (Å²) in [6.07, 6.45) is 8.57. The van der Waals surface area contributed by atoms with Gasteiger partial charge in [-0.3, -0.25) is 9.48 Å². The van der Waals surface area contributed by atoms with Crippen LogP contribution in [0.4, 0.5) is 0 Å². The van der Waals surface area contributed by atoms with E-state index in [0.29, 0.717) is 11.8 Å². The predicted molar refractivity (Wildman–Crippen MR) is 92.0 cm³/mol. The van der Waals surface area contributed by atoms with Crippen LogP contribution in [-0.2, 0) is 17.8 Å². The molecule has 1 fully saturated rings. The van der Waals surface area contributed by atoms with Crippen molar-refractivity contribution in [1.29, 1.82) is 0 Å². The quantitative estimate of drug-likeness (QED) is 0.774. The van der Waals surface area contributed by atoms with Gasteiger partial charge in [0.25, 0.3) is 0 Å². The topological polar surface area (TPSA) is 51.0 Å². The van der Waals surface area contributed by atoms with Gasteiger partial charge in [0, 0.05) is 31.2 Å². The fraction of sp³-hybridized carbons (Fsp3) is 0.833. The Labute approximate surface area is 140 Å². The van der Waals surface area contributed by atoms with E-state index in [2.05, 4.69) is 49.1 Å². The van der Waals surface area contributed by atoms with Crippen molar-refractivity contribution in [3.8, 4) is 0 Å². The highest BCUT2D eigenvalue weighted by Crippen LogP contribution is 2.27. The number of unbranched alkanes of at least 4 members (excludes halogenated alkanes) is 1. The summed E-state index contributed by atoms with van der Waals surface area (Å²) in [5.41, 5.74) is 0.838. The minimum absolute atomic E-state index is 0.248. The molecule has 1 aromatic heterocycles. The molecule has 0 aliphatic carbocycles. The minimum Gasteiger partial charge on any atom is -0.342 e. The van der Waals surface area contributed by atoms with Crippen molar-refractivity contribution in [2.75, 3.05) is 13.1 Å². The second-order valence-corrected chi connectivity index (χ2v) is 7.53. The molecular formula is C18H32N4O. The van der Waals surface area contributed by atoms with Crippen molar-refractivity contribution in [2.45, 2.75) is 72.8 Å². The van der Waals surface area contributed by atoms with E-state index in [1.807, 2.05) is 4.68 Å². The highest BCUT2D eigenvalue weighted by Gasteiger charge is 2.33. The summed E-state index contributed by atoms with van der Waals surface area (Å²) in [7, 11) is 0. The minimum atomic E-state index is -0.248. The fourth-order valence-corrected chi connectivity index (χ4v) is 3.14. The first-order valence-electron chi connectivity index (χ1n) is 9.14. The molecule has 2 heterocycles. The summed E-state index contributed by atoms with van der Waals surface area (Å²) < 4.78 is 1.97. The summed E-state index contributed by atoms with van der Waals surface area (Å²) in [6.45, 7) is 11.0. The van der Waals surface area contributed by atoms with Crippen LogP contribution in [0.5, 0.6) is 0 Å². The Morgan fingerprint density at radius 1 is 1.39 bits per heavy atom. The molecule has 1 atom stereocenters. The third-order valence-electron chi connectivity index (χ3n) is 5.09. The van der Waals surface area contributed by atoms with Gasteiger partial charge in [-0.1, -0.05) is 39.3 Å². The van der Waals surface area contributed by atoms with Crippen molar-refractivity contribution in [3.05, 3.63) is 11.9 Å². The Balaban J connectivity index is 1.91. The van der Waals surface area contributed by atoms with Gasteiger partial charge in [-0.05, 0) is 38.0 Å². The molecule has 0 spiro atoms. The lowest BCUT2D eigenvalue weighted by molar-refractivity contribution is -0.142. The summed E-state index contributed by atoms with van der Waals surface area (Å²) in [5, 5.41) is 8.52. The van der Waals surface area contributed by atoms with Crippen LogP contribution < -0.4 is 0 Å². The van der Waals surface area contributed by atoms with E-state index in [1.54, 1.807) is 0 Å². The highest BCUT2D eigenvalue weighted by atomic mass is 16.2. The molecule has 1 aromatic rings. The smallest absolute Gasteiger partial charge is 0.228 e. The molecule has 1 aliphatic rings. The van der Waals surface area contributed by atoms with Crippen LogP contribution in [0, 0.1) is 11.3 Å². The molecule has 0 unspecified atom stereocenters. The van der Waals surface area contributed by atoms with E-state index in [9.17, 15) is 4.79 Å². The van der Waals surface area contributed by atoms with E-state index < -0.39 is 0 Å². The number of rotatable bonds is 7. The zero-order valence-electron chi connectivity index (χ0n) is 15.2. The maximum Gasteiger partial charge on any atom is 0.228 e. The number of carbonyl (C=O) groups excluding carboxylic acids is 1. The van der Waals surface area contributed by atoms with Gasteiger partial charge in [-0.2, -0.15) is 0 Å². The number of hydrogen-bond donors (Lipinski definition) is 0. The van der Waals surface area contributed by atoms with Gasteiger partial charge < -0.3 is 4.90 Å². The van der Waals surface area contributed by atoms with Crippen LogP contribution in [0.25, 0.3) is 0 Å². The van der Waals surface area contributed by atoms with Crippen LogP contribution in [0.15, 0.2) is 6.20 Å². The molecule has 0 radical (unpaired) electrons. The number of aromatic nitrogens is 3. The van der Waals surface area contributed by atoms with Crippen LogP contribution >= 0.6 is 0 Å². The number of amides is 1. The zero-order chi connectivity index (χ0) is 16.9. The van der Waals surface area contributed by atoms with Crippen LogP contribution in [0.3, 0.4) is 0 Å². The first-order valence-corrected chi connectivity index (χ1v) is 9.14. The fourth-order valence-electron chi connectivity index (χ4n) is 3.14. The third-order valence-corrected chi connectivity index (χ3v) is 5.09. The van der Waals surface area contributed by atoms with Gasteiger partial charge in [-0.25, -0.2) is 0 Å². The van der Waals surface area contributed by atoms with Gasteiger partial charge in [-0.15, -0.1) is 5.10 Å². The molecule has 1 aliphatic heterocycles. The average molecular weight is 320 g/mol. The summed E-state index contributed by atoms with van der Waals surface area (Å²) in [5.74, 6) is 0.785. The summed E-state index contributed by atoms with van der Waals surface area (Å²) in [4.78, 5) is 14.7. The summed E-state index contributed by atoms with van der Waals surface area (Å²) in [6, 6.07) is 0. The normalized spacial score (nSPS) is 19.1. The molecular weight excluding hydrogens is 288 g/mol.